The maximum atomic E-state index is 7.43. The molecule has 74 heavy (non-hydrogen) atoms. The number of fused-ring (bicyclic) bond motifs is 16. The van der Waals surface area contributed by atoms with E-state index in [9.17, 15) is 0 Å². The van der Waals surface area contributed by atoms with Crippen molar-refractivity contribution >= 4 is 90.0 Å². The standard InChI is InChI=1S/C69H62BN3O/c1-66(2,3)41-26-30-46(31-27-41)73-58-40-54-50(48-33-32-47(38-53(48)69(54,10)11)71(44-20-14-12-15-21-44)45-22-16-13-17-23-45)39-52(58)62-63-64-60(61-49-24-18-19-25-59(49)74-65(61)62)51-36-42(67(4,5)6)28-34-56(51)72(64)57-35-29-43(68(7,8)9)37-55(57)70(63)73/h12-40H,1-11H3. The molecule has 0 fully saturated rings. The van der Waals surface area contributed by atoms with Crippen LogP contribution in [0.2, 0.25) is 0 Å². The Bertz CT molecular complexity index is 4120. The van der Waals surface area contributed by atoms with Gasteiger partial charge in [0.25, 0.3) is 0 Å². The van der Waals surface area contributed by atoms with Crippen molar-refractivity contribution in [2.75, 3.05) is 9.71 Å². The van der Waals surface area contributed by atoms with E-state index in [0.717, 1.165) is 33.6 Å². The largest absolute Gasteiger partial charge is 0.455 e. The van der Waals surface area contributed by atoms with E-state index in [1.165, 1.54) is 105 Å². The van der Waals surface area contributed by atoms with Crippen LogP contribution in [0.1, 0.15) is 104 Å². The Labute approximate surface area is 436 Å². The van der Waals surface area contributed by atoms with Crippen molar-refractivity contribution in [2.24, 2.45) is 0 Å². The summed E-state index contributed by atoms with van der Waals surface area (Å²) in [4.78, 5) is 5.10. The van der Waals surface area contributed by atoms with Gasteiger partial charge in [-0.1, -0.05) is 167 Å². The predicted molar refractivity (Wildman–Crippen MR) is 315 cm³/mol. The van der Waals surface area contributed by atoms with Gasteiger partial charge in [-0.05, 0) is 151 Å². The SMILES string of the molecule is CC(C)(C)c1ccc(N2B3c4cc(C(C)(C)C)ccc4-n4c5ccc(C(C)(C)C)cc5c5c6c(oc7ccccc76)c(c3c54)-c3cc4c(cc32)C(C)(C)c2cc(N(c3ccccc3)c3ccccc3)ccc2-4)cc1. The summed E-state index contributed by atoms with van der Waals surface area (Å²) in [6, 6.07) is 66.7. The van der Waals surface area contributed by atoms with E-state index in [-0.39, 0.29) is 28.5 Å². The van der Waals surface area contributed by atoms with Gasteiger partial charge in [0.05, 0.1) is 11.0 Å². The number of benzene rings is 9. The summed E-state index contributed by atoms with van der Waals surface area (Å²) in [6.07, 6.45) is 0. The van der Waals surface area contributed by atoms with Crippen molar-refractivity contribution < 1.29 is 4.42 Å². The second kappa shape index (κ2) is 15.2. The third kappa shape index (κ3) is 6.28. The molecule has 3 aliphatic rings. The lowest BCUT2D eigenvalue weighted by Crippen LogP contribution is -2.60. The first-order chi connectivity index (χ1) is 35.4. The number of hydrogen-bond acceptors (Lipinski definition) is 3. The zero-order valence-electron chi connectivity index (χ0n) is 44.6. The van der Waals surface area contributed by atoms with Crippen LogP contribution in [-0.2, 0) is 21.7 Å². The van der Waals surface area contributed by atoms with Crippen LogP contribution in [0.15, 0.2) is 180 Å². The topological polar surface area (TPSA) is 24.6 Å². The highest BCUT2D eigenvalue weighted by molar-refractivity contribution is 6.94. The van der Waals surface area contributed by atoms with Crippen LogP contribution in [0.4, 0.5) is 28.4 Å². The summed E-state index contributed by atoms with van der Waals surface area (Å²) >= 11 is 0. The van der Waals surface area contributed by atoms with Gasteiger partial charge >= 0.3 is 6.85 Å². The molecule has 5 heteroatoms. The van der Waals surface area contributed by atoms with Gasteiger partial charge in [0.1, 0.15) is 11.2 Å². The van der Waals surface area contributed by atoms with Crippen LogP contribution in [-0.4, -0.2) is 11.4 Å². The van der Waals surface area contributed by atoms with Crippen LogP contribution < -0.4 is 20.6 Å². The fourth-order valence-electron chi connectivity index (χ4n) is 13.1. The lowest BCUT2D eigenvalue weighted by Gasteiger charge is -2.43. The molecule has 0 bridgehead atoms. The van der Waals surface area contributed by atoms with E-state index in [1.807, 2.05) is 0 Å². The van der Waals surface area contributed by atoms with Crippen LogP contribution in [0.5, 0.6) is 0 Å². The molecule has 0 atom stereocenters. The molecule has 0 saturated heterocycles. The Hall–Kier alpha value is -7.76. The predicted octanol–water partition coefficient (Wildman–Crippen LogP) is 17.6. The minimum atomic E-state index is -0.323. The van der Waals surface area contributed by atoms with Crippen molar-refractivity contribution in [1.82, 2.24) is 4.57 Å². The quantitative estimate of drug-likeness (QED) is 0.164. The molecule has 11 aromatic rings. The number of para-hydroxylation sites is 3. The van der Waals surface area contributed by atoms with Crippen molar-refractivity contribution in [2.45, 2.75) is 97.8 Å². The summed E-state index contributed by atoms with van der Waals surface area (Å²) < 4.78 is 10.1. The Morgan fingerprint density at radius 2 is 1.09 bits per heavy atom. The summed E-state index contributed by atoms with van der Waals surface area (Å²) in [5.74, 6) is 0. The second-order valence-electron chi connectivity index (χ2n) is 25.0. The Morgan fingerprint density at radius 1 is 0.486 bits per heavy atom. The zero-order valence-corrected chi connectivity index (χ0v) is 44.6. The molecule has 2 aromatic heterocycles. The molecule has 0 amide bonds. The molecular formula is C69H62BN3O. The molecule has 0 saturated carbocycles. The van der Waals surface area contributed by atoms with Gasteiger partial charge in [-0.15, -0.1) is 0 Å². The highest BCUT2D eigenvalue weighted by Gasteiger charge is 2.48. The van der Waals surface area contributed by atoms with Gasteiger partial charge in [-0.25, -0.2) is 0 Å². The van der Waals surface area contributed by atoms with E-state index >= 15 is 0 Å². The third-order valence-electron chi connectivity index (χ3n) is 17.0. The normalized spacial score (nSPS) is 14.5. The molecule has 4 heterocycles. The molecule has 0 N–H and O–H groups in total. The van der Waals surface area contributed by atoms with E-state index < -0.39 is 0 Å². The van der Waals surface area contributed by atoms with Crippen molar-refractivity contribution in [3.63, 3.8) is 0 Å². The molecule has 1 aliphatic carbocycles. The van der Waals surface area contributed by atoms with Gasteiger partial charge in [-0.3, -0.25) is 0 Å². The average molecular weight is 960 g/mol. The first-order valence-electron chi connectivity index (χ1n) is 26.6. The zero-order chi connectivity index (χ0) is 51.0. The fraction of sp³-hybridized carbons (Fsp3) is 0.217. The maximum absolute atomic E-state index is 7.43. The van der Waals surface area contributed by atoms with Crippen LogP contribution in [0.3, 0.4) is 0 Å². The molecule has 0 unspecified atom stereocenters. The van der Waals surface area contributed by atoms with E-state index in [1.54, 1.807) is 0 Å². The molecular weight excluding hydrogens is 898 g/mol. The summed E-state index contributed by atoms with van der Waals surface area (Å²) in [5.41, 5.74) is 25.1. The monoisotopic (exact) mass is 959 g/mol. The molecule has 4 nitrogen and oxygen atoms in total. The number of furan rings is 1. The first-order valence-corrected chi connectivity index (χ1v) is 26.6. The molecule has 362 valence electrons. The highest BCUT2D eigenvalue weighted by atomic mass is 16.3. The number of nitrogens with zero attached hydrogens (tertiary/aromatic N) is 3. The fourth-order valence-corrected chi connectivity index (χ4v) is 13.1. The number of aromatic nitrogens is 1. The van der Waals surface area contributed by atoms with Gasteiger partial charge in [0, 0.05) is 72.2 Å². The van der Waals surface area contributed by atoms with Crippen LogP contribution in [0, 0.1) is 0 Å². The van der Waals surface area contributed by atoms with E-state index in [4.69, 9.17) is 4.42 Å². The Balaban J connectivity index is 1.13. The minimum absolute atomic E-state index is 0.00195. The second-order valence-corrected chi connectivity index (χ2v) is 25.0. The lowest BCUT2D eigenvalue weighted by atomic mass is 9.43. The van der Waals surface area contributed by atoms with Crippen molar-refractivity contribution in [1.29, 1.82) is 0 Å². The lowest BCUT2D eigenvalue weighted by molar-refractivity contribution is 0.590. The Morgan fingerprint density at radius 3 is 1.77 bits per heavy atom. The smallest absolute Gasteiger partial charge is 0.333 e. The molecule has 2 aliphatic heterocycles. The first kappa shape index (κ1) is 44.9. The van der Waals surface area contributed by atoms with E-state index in [2.05, 4.69) is 266 Å². The third-order valence-corrected chi connectivity index (χ3v) is 17.0. The van der Waals surface area contributed by atoms with Gasteiger partial charge in [0.2, 0.25) is 0 Å². The summed E-state index contributed by atoms with van der Waals surface area (Å²) in [5, 5.41) is 4.89. The van der Waals surface area contributed by atoms with Crippen LogP contribution >= 0.6 is 0 Å². The van der Waals surface area contributed by atoms with Gasteiger partial charge < -0.3 is 18.7 Å². The average Bonchev–Trinajstić information content (AvgIpc) is 4.01. The summed E-state index contributed by atoms with van der Waals surface area (Å²) in [6.45, 7) is 25.7. The van der Waals surface area contributed by atoms with Gasteiger partial charge in [0.15, 0.2) is 0 Å². The molecule has 14 rings (SSSR count). The molecule has 0 spiro atoms. The van der Waals surface area contributed by atoms with Gasteiger partial charge in [-0.2, -0.15) is 0 Å². The number of rotatable bonds is 4. The molecule has 0 radical (unpaired) electrons. The van der Waals surface area contributed by atoms with Crippen LogP contribution in [0.25, 0.3) is 71.7 Å². The number of anilines is 5. The maximum Gasteiger partial charge on any atom is 0.333 e. The number of hydrogen-bond donors (Lipinski definition) is 0. The van der Waals surface area contributed by atoms with E-state index in [0.29, 0.717) is 0 Å². The van der Waals surface area contributed by atoms with Crippen molar-refractivity contribution in [3.8, 4) is 27.9 Å². The van der Waals surface area contributed by atoms with Crippen molar-refractivity contribution in [3.05, 3.63) is 204 Å². The molecule has 9 aromatic carbocycles. The summed E-state index contributed by atoms with van der Waals surface area (Å²) in [7, 11) is 0. The Kier molecular flexibility index (Phi) is 9.20. The minimum Gasteiger partial charge on any atom is -0.455 e. The highest BCUT2D eigenvalue weighted by Crippen LogP contribution is 2.57.